The van der Waals surface area contributed by atoms with Crippen molar-refractivity contribution in [3.05, 3.63) is 58.3 Å². The zero-order chi connectivity index (χ0) is 16.3. The largest absolute Gasteiger partial charge is 0.0776 e. The highest BCUT2D eigenvalue weighted by molar-refractivity contribution is 6.88. The summed E-state index contributed by atoms with van der Waals surface area (Å²) in [4.78, 5) is 0. The first-order valence-electron chi connectivity index (χ1n) is 8.35. The molecule has 0 radical (unpaired) electrons. The number of rotatable bonds is 2. The molecular formula is C20H28Si2. The van der Waals surface area contributed by atoms with Crippen LogP contribution in [0.3, 0.4) is 0 Å². The van der Waals surface area contributed by atoms with Gasteiger partial charge in [-0.05, 0) is 29.2 Å². The molecule has 0 spiro atoms. The zero-order valence-electron chi connectivity index (χ0n) is 15.0. The maximum atomic E-state index is 2.50. The molecule has 3 rings (SSSR count). The monoisotopic (exact) mass is 324 g/mol. The minimum atomic E-state index is -1.25. The molecule has 116 valence electrons. The van der Waals surface area contributed by atoms with Crippen LogP contribution in [-0.4, -0.2) is 16.1 Å². The summed E-state index contributed by atoms with van der Waals surface area (Å²) in [6, 6.07) is 7.26. The molecule has 0 nitrogen and oxygen atoms in total. The van der Waals surface area contributed by atoms with Crippen molar-refractivity contribution in [1.82, 2.24) is 0 Å². The highest BCUT2D eigenvalue weighted by atomic mass is 28.3. The van der Waals surface area contributed by atoms with Crippen LogP contribution in [0.5, 0.6) is 0 Å². The summed E-state index contributed by atoms with van der Waals surface area (Å²) in [5.74, 6) is 0.491. The van der Waals surface area contributed by atoms with E-state index in [2.05, 4.69) is 82.6 Å². The average molecular weight is 325 g/mol. The van der Waals surface area contributed by atoms with Crippen molar-refractivity contribution >= 4 is 26.9 Å². The molecule has 1 aromatic rings. The van der Waals surface area contributed by atoms with Crippen LogP contribution in [0.2, 0.25) is 39.3 Å². The van der Waals surface area contributed by atoms with E-state index in [0.717, 1.165) is 0 Å². The van der Waals surface area contributed by atoms with Gasteiger partial charge in [0, 0.05) is 5.92 Å². The van der Waals surface area contributed by atoms with Crippen molar-refractivity contribution in [3.63, 3.8) is 0 Å². The quantitative estimate of drug-likeness (QED) is 0.632. The third-order valence-electron chi connectivity index (χ3n) is 5.07. The van der Waals surface area contributed by atoms with Gasteiger partial charge in [-0.1, -0.05) is 86.1 Å². The van der Waals surface area contributed by atoms with E-state index in [1.165, 1.54) is 16.7 Å². The number of allylic oxidation sites excluding steroid dienone is 6. The van der Waals surface area contributed by atoms with Crippen LogP contribution in [0.15, 0.2) is 47.2 Å². The van der Waals surface area contributed by atoms with Gasteiger partial charge in [0.1, 0.15) is 0 Å². The molecule has 2 aliphatic carbocycles. The van der Waals surface area contributed by atoms with Gasteiger partial charge in [0.15, 0.2) is 0 Å². The molecule has 1 unspecified atom stereocenters. The van der Waals surface area contributed by atoms with Gasteiger partial charge in [-0.25, -0.2) is 0 Å². The van der Waals surface area contributed by atoms with Crippen LogP contribution in [-0.2, 0) is 0 Å². The molecule has 0 amide bonds. The molecule has 2 heteroatoms. The molecule has 0 fully saturated rings. The van der Waals surface area contributed by atoms with Crippen LogP contribution in [0, 0.1) is 0 Å². The fourth-order valence-electron chi connectivity index (χ4n) is 3.46. The van der Waals surface area contributed by atoms with Crippen LogP contribution in [0.4, 0.5) is 0 Å². The first-order valence-corrected chi connectivity index (χ1v) is 15.3. The SMILES string of the molecule is CC1=C2C=C([Si](C)(C)C)C=CC2c2ccc([Si](C)(C)C)cc21. The lowest BCUT2D eigenvalue weighted by molar-refractivity contribution is 1.04. The Balaban J connectivity index is 2.12. The van der Waals surface area contributed by atoms with Crippen LogP contribution >= 0.6 is 0 Å². The minimum absolute atomic E-state index is 0.491. The van der Waals surface area contributed by atoms with Crippen molar-refractivity contribution in [1.29, 1.82) is 0 Å². The second-order valence-corrected chi connectivity index (χ2v) is 19.0. The molecule has 0 saturated carbocycles. The van der Waals surface area contributed by atoms with Gasteiger partial charge in [0.05, 0.1) is 16.1 Å². The minimum Gasteiger partial charge on any atom is -0.0727 e. The topological polar surface area (TPSA) is 0 Å². The van der Waals surface area contributed by atoms with E-state index in [-0.39, 0.29) is 0 Å². The fraction of sp³-hybridized carbons (Fsp3) is 0.400. The number of fused-ring (bicyclic) bond motifs is 3. The van der Waals surface area contributed by atoms with E-state index in [1.54, 1.807) is 16.0 Å². The Kier molecular flexibility index (Phi) is 3.53. The van der Waals surface area contributed by atoms with Gasteiger partial charge in [0.2, 0.25) is 0 Å². The van der Waals surface area contributed by atoms with Crippen molar-refractivity contribution in [2.24, 2.45) is 0 Å². The molecule has 0 heterocycles. The summed E-state index contributed by atoms with van der Waals surface area (Å²) >= 11 is 0. The van der Waals surface area contributed by atoms with Crippen molar-refractivity contribution in [2.45, 2.75) is 52.1 Å². The summed E-state index contributed by atoms with van der Waals surface area (Å²) in [6.45, 7) is 16.9. The Morgan fingerprint density at radius 3 is 2.18 bits per heavy atom. The van der Waals surface area contributed by atoms with Crippen molar-refractivity contribution in [2.75, 3.05) is 0 Å². The number of benzene rings is 1. The van der Waals surface area contributed by atoms with Gasteiger partial charge in [-0.3, -0.25) is 0 Å². The first kappa shape index (κ1) is 15.8. The molecule has 1 aromatic carbocycles. The number of hydrogen-bond acceptors (Lipinski definition) is 0. The molecule has 0 N–H and O–H groups in total. The predicted octanol–water partition coefficient (Wildman–Crippen LogP) is 5.48. The van der Waals surface area contributed by atoms with Crippen LogP contribution in [0.25, 0.3) is 5.57 Å². The van der Waals surface area contributed by atoms with E-state index >= 15 is 0 Å². The second-order valence-electron chi connectivity index (χ2n) is 8.82. The maximum Gasteiger partial charge on any atom is 0.0776 e. The van der Waals surface area contributed by atoms with E-state index in [1.807, 2.05) is 0 Å². The maximum absolute atomic E-state index is 2.50. The van der Waals surface area contributed by atoms with E-state index in [4.69, 9.17) is 0 Å². The summed E-state index contributed by atoms with van der Waals surface area (Å²) in [5.41, 5.74) is 6.05. The standard InChI is InChI=1S/C20H28Si2/c1-14-19-12-15(21(2,3)4)8-10-17(19)18-11-9-16(13-20(14)18)22(5,6)7/h8-13,17H,1-7H3. The third kappa shape index (κ3) is 2.52. The molecule has 0 saturated heterocycles. The Bertz CT molecular complexity index is 719. The van der Waals surface area contributed by atoms with Gasteiger partial charge in [0.25, 0.3) is 0 Å². The van der Waals surface area contributed by atoms with Gasteiger partial charge in [-0.15, -0.1) is 0 Å². The normalized spacial score (nSPS) is 20.9. The first-order chi connectivity index (χ1) is 10.1. The molecule has 22 heavy (non-hydrogen) atoms. The van der Waals surface area contributed by atoms with Gasteiger partial charge >= 0.3 is 0 Å². The Hall–Kier alpha value is -1.13. The highest BCUT2D eigenvalue weighted by Gasteiger charge is 2.31. The zero-order valence-corrected chi connectivity index (χ0v) is 17.0. The fourth-order valence-corrected chi connectivity index (χ4v) is 5.81. The Morgan fingerprint density at radius 1 is 0.909 bits per heavy atom. The second kappa shape index (κ2) is 4.94. The van der Waals surface area contributed by atoms with Gasteiger partial charge < -0.3 is 0 Å². The lowest BCUT2D eigenvalue weighted by atomic mass is 9.92. The summed E-state index contributed by atoms with van der Waals surface area (Å²) < 4.78 is 0. The predicted molar refractivity (Wildman–Crippen MR) is 105 cm³/mol. The summed E-state index contributed by atoms with van der Waals surface area (Å²) in [6.07, 6.45) is 7.34. The van der Waals surface area contributed by atoms with Crippen LogP contribution in [0.1, 0.15) is 24.0 Å². The van der Waals surface area contributed by atoms with E-state index in [9.17, 15) is 0 Å². The number of hydrogen-bond donors (Lipinski definition) is 0. The molecule has 0 aromatic heterocycles. The van der Waals surface area contributed by atoms with Gasteiger partial charge in [-0.2, -0.15) is 0 Å². The Morgan fingerprint density at radius 2 is 1.59 bits per heavy atom. The lowest BCUT2D eigenvalue weighted by Gasteiger charge is -2.24. The molecule has 1 atom stereocenters. The Labute approximate surface area is 137 Å². The summed E-state index contributed by atoms with van der Waals surface area (Å²) in [7, 11) is -2.49. The van der Waals surface area contributed by atoms with Crippen molar-refractivity contribution in [3.8, 4) is 0 Å². The smallest absolute Gasteiger partial charge is 0.0727 e. The summed E-state index contributed by atoms with van der Waals surface area (Å²) in [5, 5.41) is 3.15. The third-order valence-corrected chi connectivity index (χ3v) is 9.16. The van der Waals surface area contributed by atoms with Crippen LogP contribution < -0.4 is 5.19 Å². The lowest BCUT2D eigenvalue weighted by Crippen LogP contribution is -2.37. The van der Waals surface area contributed by atoms with Crippen molar-refractivity contribution < 1.29 is 0 Å². The van der Waals surface area contributed by atoms with E-state index < -0.39 is 16.1 Å². The molecule has 0 aliphatic heterocycles. The molecule has 2 aliphatic rings. The average Bonchev–Trinajstić information content (AvgIpc) is 2.70. The molecular weight excluding hydrogens is 296 g/mol. The van der Waals surface area contributed by atoms with E-state index in [0.29, 0.717) is 5.92 Å². The molecule has 0 bridgehead atoms. The highest BCUT2D eigenvalue weighted by Crippen LogP contribution is 2.46.